The number of hydrogen-bond acceptors (Lipinski definition) is 4. The van der Waals surface area contributed by atoms with Crippen LogP contribution in [0.2, 0.25) is 0 Å². The highest BCUT2D eigenvalue weighted by Gasteiger charge is 2.24. The van der Waals surface area contributed by atoms with E-state index in [0.29, 0.717) is 36.5 Å². The fourth-order valence-corrected chi connectivity index (χ4v) is 7.83. The van der Waals surface area contributed by atoms with Crippen LogP contribution < -0.4 is 0 Å². The number of hydrogen-bond donors (Lipinski definition) is 0. The van der Waals surface area contributed by atoms with Crippen LogP contribution in [0.15, 0.2) is 97.3 Å². The fraction of sp³-hybridized carbons (Fsp3) is 0.455. The van der Waals surface area contributed by atoms with Gasteiger partial charge in [-0.2, -0.15) is 0 Å². The Hall–Kier alpha value is -4.72. The van der Waals surface area contributed by atoms with Crippen molar-refractivity contribution in [3.8, 4) is 0 Å². The first-order valence-electron chi connectivity index (χ1n) is 19.5. The van der Waals surface area contributed by atoms with Gasteiger partial charge in [-0.1, -0.05) is 79.7 Å². The number of fused-ring (bicyclic) bond motifs is 1. The molecule has 0 unspecified atom stereocenters. The monoisotopic (exact) mass is 700 g/mol. The van der Waals surface area contributed by atoms with E-state index in [9.17, 15) is 9.59 Å². The van der Waals surface area contributed by atoms with Gasteiger partial charge >= 0.3 is 0 Å². The molecule has 2 amide bonds. The van der Waals surface area contributed by atoms with Crippen molar-refractivity contribution in [2.75, 3.05) is 26.2 Å². The Morgan fingerprint density at radius 3 is 1.83 bits per heavy atom. The van der Waals surface area contributed by atoms with E-state index in [-0.39, 0.29) is 0 Å². The summed E-state index contributed by atoms with van der Waals surface area (Å²) in [6.45, 7) is 9.89. The zero-order valence-electron chi connectivity index (χ0n) is 31.2. The average Bonchev–Trinajstić information content (AvgIpc) is 3.79. The third-order valence-electron chi connectivity index (χ3n) is 11.1. The Morgan fingerprint density at radius 2 is 1.25 bits per heavy atom. The highest BCUT2D eigenvalue weighted by Crippen LogP contribution is 2.25. The average molecular weight is 701 g/mol. The number of likely N-dealkylation sites (tertiary alicyclic amines) is 2. The molecule has 0 bridgehead atoms. The van der Waals surface area contributed by atoms with Crippen LogP contribution in [0.4, 0.5) is 0 Å². The Balaban J connectivity index is 0.000000181. The maximum absolute atomic E-state index is 12.5. The highest BCUT2D eigenvalue weighted by atomic mass is 16.2. The van der Waals surface area contributed by atoms with E-state index in [1.807, 2.05) is 53.6 Å². The minimum Gasteiger partial charge on any atom is -0.343 e. The molecule has 52 heavy (non-hydrogen) atoms. The molecule has 0 aliphatic carbocycles. The van der Waals surface area contributed by atoms with Gasteiger partial charge in [-0.05, 0) is 87.0 Å². The number of aromatic nitrogens is 4. The lowest BCUT2D eigenvalue weighted by atomic mass is 9.93. The van der Waals surface area contributed by atoms with Crippen molar-refractivity contribution >= 4 is 22.8 Å². The highest BCUT2D eigenvalue weighted by molar-refractivity contribution is 5.77. The van der Waals surface area contributed by atoms with E-state index in [2.05, 4.69) is 86.5 Å². The largest absolute Gasteiger partial charge is 0.343 e. The number of aryl methyl sites for hydroxylation is 5. The van der Waals surface area contributed by atoms with Crippen LogP contribution in [-0.4, -0.2) is 66.9 Å². The molecule has 274 valence electrons. The SMILES string of the molecule is CCc1nccn1CC1CCN(C(=O)CCc2ccccc2)CC1.Cc1nc2ccccc2n1CCC1CCN(C(=O)CCc2ccccc2)CC1. The van der Waals surface area contributed by atoms with Gasteiger partial charge in [0.2, 0.25) is 11.8 Å². The van der Waals surface area contributed by atoms with Gasteiger partial charge in [-0.3, -0.25) is 9.59 Å². The predicted molar refractivity (Wildman–Crippen MR) is 209 cm³/mol. The van der Waals surface area contributed by atoms with Crippen LogP contribution in [-0.2, 0) is 41.9 Å². The summed E-state index contributed by atoms with van der Waals surface area (Å²) in [5, 5.41) is 0. The number of carbonyl (C=O) groups is 2. The van der Waals surface area contributed by atoms with Gasteiger partial charge in [0.25, 0.3) is 0 Å². The molecule has 2 fully saturated rings. The van der Waals surface area contributed by atoms with Crippen molar-refractivity contribution in [1.82, 2.24) is 28.9 Å². The van der Waals surface area contributed by atoms with Crippen LogP contribution >= 0.6 is 0 Å². The zero-order chi connectivity index (χ0) is 36.1. The van der Waals surface area contributed by atoms with Crippen molar-refractivity contribution in [3.63, 3.8) is 0 Å². The van der Waals surface area contributed by atoms with Crippen LogP contribution in [0.25, 0.3) is 11.0 Å². The quantitative estimate of drug-likeness (QED) is 0.133. The summed E-state index contributed by atoms with van der Waals surface area (Å²) >= 11 is 0. The van der Waals surface area contributed by atoms with Gasteiger partial charge in [0.15, 0.2) is 0 Å². The van der Waals surface area contributed by atoms with E-state index < -0.39 is 0 Å². The lowest BCUT2D eigenvalue weighted by molar-refractivity contribution is -0.133. The van der Waals surface area contributed by atoms with Gasteiger partial charge < -0.3 is 18.9 Å². The molecule has 8 nitrogen and oxygen atoms in total. The van der Waals surface area contributed by atoms with Gasteiger partial charge in [0, 0.05) is 70.9 Å². The topological polar surface area (TPSA) is 76.3 Å². The van der Waals surface area contributed by atoms with Crippen molar-refractivity contribution in [2.45, 2.75) is 91.1 Å². The fourth-order valence-electron chi connectivity index (χ4n) is 7.83. The van der Waals surface area contributed by atoms with Crippen LogP contribution in [0, 0.1) is 18.8 Å². The first-order valence-corrected chi connectivity index (χ1v) is 19.5. The maximum Gasteiger partial charge on any atom is 0.222 e. The molecule has 2 aliphatic rings. The second-order valence-electron chi connectivity index (χ2n) is 14.6. The van der Waals surface area contributed by atoms with Crippen molar-refractivity contribution in [2.24, 2.45) is 11.8 Å². The number of imidazole rings is 2. The van der Waals surface area contributed by atoms with E-state index in [4.69, 9.17) is 0 Å². The molecule has 8 heteroatoms. The first kappa shape index (κ1) is 37.1. The molecule has 2 aliphatic heterocycles. The van der Waals surface area contributed by atoms with Gasteiger partial charge in [0.1, 0.15) is 11.6 Å². The van der Waals surface area contributed by atoms with Gasteiger partial charge in [0.05, 0.1) is 11.0 Å². The number of para-hydroxylation sites is 2. The third-order valence-corrected chi connectivity index (χ3v) is 11.1. The van der Waals surface area contributed by atoms with Gasteiger partial charge in [-0.25, -0.2) is 9.97 Å². The first-order chi connectivity index (χ1) is 25.5. The molecule has 0 radical (unpaired) electrons. The Bertz CT molecular complexity index is 1830. The van der Waals surface area contributed by atoms with E-state index in [1.54, 1.807) is 0 Å². The Labute approximate surface area is 309 Å². The molecule has 2 aromatic heterocycles. The number of nitrogens with zero attached hydrogens (tertiary/aromatic N) is 6. The molecule has 5 aromatic rings. The maximum atomic E-state index is 12.5. The minimum absolute atomic E-state index is 0.300. The third kappa shape index (κ3) is 10.2. The van der Waals surface area contributed by atoms with Crippen molar-refractivity contribution in [1.29, 1.82) is 0 Å². The standard InChI is InChI=1S/C24H29N3O.C20H27N3O/c1-19-25-22-9-5-6-10-23(22)27(19)18-15-21-13-16-26(17-14-21)24(28)12-11-20-7-3-2-4-8-20;1-2-19-21-12-15-23(19)16-18-10-13-22(14-11-18)20(24)9-8-17-6-4-3-5-7-17/h2-10,21H,11-18H2,1H3;3-7,12,15,18H,2,8-11,13-14,16H2,1H3. The van der Waals surface area contributed by atoms with E-state index in [0.717, 1.165) is 108 Å². The smallest absolute Gasteiger partial charge is 0.222 e. The second-order valence-corrected chi connectivity index (χ2v) is 14.6. The van der Waals surface area contributed by atoms with Crippen molar-refractivity contribution < 1.29 is 9.59 Å². The lowest BCUT2D eigenvalue weighted by Gasteiger charge is -2.32. The molecule has 2 saturated heterocycles. The normalized spacial score (nSPS) is 15.4. The summed E-state index contributed by atoms with van der Waals surface area (Å²) < 4.78 is 4.62. The number of benzene rings is 3. The summed E-state index contributed by atoms with van der Waals surface area (Å²) in [6.07, 6.45) is 13.4. The van der Waals surface area contributed by atoms with Crippen molar-refractivity contribution in [3.05, 3.63) is 120 Å². The molecule has 0 atom stereocenters. The summed E-state index contributed by atoms with van der Waals surface area (Å²) in [5.41, 5.74) is 4.80. The predicted octanol–water partition coefficient (Wildman–Crippen LogP) is 7.92. The van der Waals surface area contributed by atoms with Gasteiger partial charge in [-0.15, -0.1) is 0 Å². The van der Waals surface area contributed by atoms with E-state index in [1.165, 1.54) is 16.6 Å². The molecular formula is C44H56N6O2. The van der Waals surface area contributed by atoms with E-state index >= 15 is 0 Å². The summed E-state index contributed by atoms with van der Waals surface area (Å²) in [4.78, 5) is 38.1. The minimum atomic E-state index is 0.300. The number of rotatable bonds is 12. The zero-order valence-corrected chi connectivity index (χ0v) is 31.2. The molecule has 4 heterocycles. The van der Waals surface area contributed by atoms with Crippen LogP contribution in [0.1, 0.15) is 74.6 Å². The van der Waals surface area contributed by atoms with Crippen LogP contribution in [0.5, 0.6) is 0 Å². The molecule has 7 rings (SSSR count). The number of amides is 2. The molecule has 3 aromatic carbocycles. The molecular weight excluding hydrogens is 645 g/mol. The molecule has 0 saturated carbocycles. The molecule has 0 N–H and O–H groups in total. The summed E-state index contributed by atoms with van der Waals surface area (Å²) in [7, 11) is 0. The Morgan fingerprint density at radius 1 is 0.712 bits per heavy atom. The Kier molecular flexibility index (Phi) is 13.3. The number of carbonyl (C=O) groups excluding carboxylic acids is 2. The van der Waals surface area contributed by atoms with Crippen LogP contribution in [0.3, 0.4) is 0 Å². The lowest BCUT2D eigenvalue weighted by Crippen LogP contribution is -2.39. The number of piperidine rings is 2. The summed E-state index contributed by atoms with van der Waals surface area (Å²) in [5.74, 6) is 4.21. The molecule has 0 spiro atoms. The second kappa shape index (κ2) is 18.7. The summed E-state index contributed by atoms with van der Waals surface area (Å²) in [6, 6.07) is 28.9.